The normalized spacial score (nSPS) is 24.6. The van der Waals surface area contributed by atoms with Crippen LogP contribution in [-0.2, 0) is 19.0 Å². The van der Waals surface area contributed by atoms with E-state index in [2.05, 4.69) is 4.18 Å². The molecule has 1 fully saturated rings. The second-order valence-corrected chi connectivity index (χ2v) is 6.74. The molecule has 0 radical (unpaired) electrons. The largest absolute Gasteiger partial charge is 0.534 e. The van der Waals surface area contributed by atoms with Crippen LogP contribution in [0.15, 0.2) is 41.7 Å². The molecule has 0 bridgehead atoms. The Hall–Kier alpha value is -1.54. The van der Waals surface area contributed by atoms with Crippen LogP contribution in [0.2, 0.25) is 0 Å². The summed E-state index contributed by atoms with van der Waals surface area (Å²) in [6.45, 7) is 3.03. The molecule has 23 heavy (non-hydrogen) atoms. The molecule has 0 spiro atoms. The van der Waals surface area contributed by atoms with Gasteiger partial charge in [0.25, 0.3) is 0 Å². The number of hydrogen-bond donors (Lipinski definition) is 0. The predicted molar refractivity (Wildman–Crippen MR) is 77.7 cm³/mol. The molecule has 1 aliphatic heterocycles. The minimum absolute atomic E-state index is 0.271. The van der Waals surface area contributed by atoms with Gasteiger partial charge < -0.3 is 8.92 Å². The summed E-state index contributed by atoms with van der Waals surface area (Å²) < 4.78 is 69.7. The van der Waals surface area contributed by atoms with Gasteiger partial charge >= 0.3 is 15.6 Å². The molecule has 0 amide bonds. The highest BCUT2D eigenvalue weighted by atomic mass is 32.2. The fourth-order valence-corrected chi connectivity index (χ4v) is 3.03. The number of ether oxygens (including phenoxy) is 1. The van der Waals surface area contributed by atoms with Crippen molar-refractivity contribution in [3.63, 3.8) is 0 Å². The molecule has 0 aromatic heterocycles. The van der Waals surface area contributed by atoms with Crippen molar-refractivity contribution < 1.29 is 30.5 Å². The monoisotopic (exact) mass is 350 g/mol. The Bertz CT molecular complexity index is 680. The van der Waals surface area contributed by atoms with E-state index in [0.29, 0.717) is 18.4 Å². The third kappa shape index (κ3) is 3.87. The van der Waals surface area contributed by atoms with Gasteiger partial charge in [0.1, 0.15) is 5.76 Å². The Morgan fingerprint density at radius 2 is 1.91 bits per heavy atom. The minimum Gasteiger partial charge on any atom is -0.381 e. The summed E-state index contributed by atoms with van der Waals surface area (Å²) in [5, 5.41) is 0. The topological polar surface area (TPSA) is 52.6 Å². The molecular formula is C15H17F3O4S. The number of benzene rings is 1. The zero-order valence-corrected chi connectivity index (χ0v) is 13.4. The molecule has 1 heterocycles. The van der Waals surface area contributed by atoms with Crippen molar-refractivity contribution in [2.45, 2.75) is 44.4 Å². The van der Waals surface area contributed by atoms with Gasteiger partial charge in [0, 0.05) is 12.0 Å². The van der Waals surface area contributed by atoms with Gasteiger partial charge in [-0.2, -0.15) is 21.6 Å². The summed E-state index contributed by atoms with van der Waals surface area (Å²) in [6, 6.07) is 9.21. The number of alkyl halides is 3. The molecular weight excluding hydrogens is 333 g/mol. The van der Waals surface area contributed by atoms with E-state index in [-0.39, 0.29) is 11.9 Å². The van der Waals surface area contributed by atoms with Gasteiger partial charge in [-0.1, -0.05) is 37.3 Å². The average molecular weight is 350 g/mol. The van der Waals surface area contributed by atoms with E-state index in [1.807, 2.05) is 37.3 Å². The molecule has 0 aliphatic carbocycles. The van der Waals surface area contributed by atoms with E-state index in [4.69, 9.17) is 4.74 Å². The molecule has 2 atom stereocenters. The summed E-state index contributed by atoms with van der Waals surface area (Å²) in [5.74, 6) is -0.271. The molecule has 0 unspecified atom stereocenters. The van der Waals surface area contributed by atoms with E-state index in [9.17, 15) is 21.6 Å². The molecule has 128 valence electrons. The molecule has 1 aliphatic rings. The van der Waals surface area contributed by atoms with Crippen molar-refractivity contribution in [3.8, 4) is 0 Å². The van der Waals surface area contributed by atoms with Crippen molar-refractivity contribution in [1.82, 2.24) is 0 Å². The molecule has 1 saturated heterocycles. The van der Waals surface area contributed by atoms with Gasteiger partial charge in [0.15, 0.2) is 0 Å². The van der Waals surface area contributed by atoms with Crippen molar-refractivity contribution in [3.05, 3.63) is 47.2 Å². The Balaban J connectivity index is 2.27. The molecule has 0 N–H and O–H groups in total. The van der Waals surface area contributed by atoms with Gasteiger partial charge in [0.2, 0.25) is 0 Å². The van der Waals surface area contributed by atoms with E-state index >= 15 is 0 Å². The lowest BCUT2D eigenvalue weighted by Gasteiger charge is -2.14. The van der Waals surface area contributed by atoms with Crippen LogP contribution < -0.4 is 0 Å². The van der Waals surface area contributed by atoms with Crippen LogP contribution in [0.1, 0.15) is 38.4 Å². The third-order valence-electron chi connectivity index (χ3n) is 3.64. The van der Waals surface area contributed by atoms with Crippen LogP contribution in [0.4, 0.5) is 13.2 Å². The Morgan fingerprint density at radius 3 is 2.43 bits per heavy atom. The SMILES string of the molecule is CC[C@@H]1O[C@H](c2ccccc2)C/C1=C(/C)OS(=O)(=O)C(F)(F)F. The van der Waals surface area contributed by atoms with E-state index in [1.54, 1.807) is 0 Å². The maximum atomic E-state index is 12.4. The first-order valence-electron chi connectivity index (χ1n) is 7.06. The lowest BCUT2D eigenvalue weighted by atomic mass is 10.0. The van der Waals surface area contributed by atoms with Gasteiger partial charge in [-0.15, -0.1) is 0 Å². The van der Waals surface area contributed by atoms with E-state index in [1.165, 1.54) is 6.92 Å². The van der Waals surface area contributed by atoms with Crippen LogP contribution in [0.3, 0.4) is 0 Å². The zero-order chi connectivity index (χ0) is 17.3. The van der Waals surface area contributed by atoms with Crippen molar-refractivity contribution in [2.75, 3.05) is 0 Å². The first-order chi connectivity index (χ1) is 10.7. The fraction of sp³-hybridized carbons (Fsp3) is 0.467. The average Bonchev–Trinajstić information content (AvgIpc) is 2.91. The number of rotatable bonds is 4. The molecule has 8 heteroatoms. The zero-order valence-electron chi connectivity index (χ0n) is 12.6. The molecule has 1 aromatic carbocycles. The van der Waals surface area contributed by atoms with Crippen LogP contribution in [0, 0.1) is 0 Å². The smallest absolute Gasteiger partial charge is 0.381 e. The van der Waals surface area contributed by atoms with Crippen LogP contribution in [0.5, 0.6) is 0 Å². The van der Waals surface area contributed by atoms with Crippen molar-refractivity contribution in [1.29, 1.82) is 0 Å². The maximum absolute atomic E-state index is 12.4. The third-order valence-corrected chi connectivity index (χ3v) is 4.67. The van der Waals surface area contributed by atoms with Gasteiger partial charge in [-0.05, 0) is 18.9 Å². The molecule has 0 saturated carbocycles. The van der Waals surface area contributed by atoms with E-state index in [0.717, 1.165) is 5.56 Å². The Labute approximate surface area is 133 Å². The quantitative estimate of drug-likeness (QED) is 0.467. The van der Waals surface area contributed by atoms with Gasteiger partial charge in [0.05, 0.1) is 12.2 Å². The Kier molecular flexibility index (Phi) is 5.05. The lowest BCUT2D eigenvalue weighted by molar-refractivity contribution is -0.0522. The number of hydrogen-bond acceptors (Lipinski definition) is 4. The Morgan fingerprint density at radius 1 is 1.30 bits per heavy atom. The van der Waals surface area contributed by atoms with Crippen LogP contribution in [0.25, 0.3) is 0 Å². The number of halogens is 3. The lowest BCUT2D eigenvalue weighted by Crippen LogP contribution is -2.25. The summed E-state index contributed by atoms with van der Waals surface area (Å²) in [7, 11) is -5.66. The highest BCUT2D eigenvalue weighted by molar-refractivity contribution is 7.87. The van der Waals surface area contributed by atoms with Crippen LogP contribution >= 0.6 is 0 Å². The van der Waals surface area contributed by atoms with Crippen molar-refractivity contribution >= 4 is 10.1 Å². The summed E-state index contributed by atoms with van der Waals surface area (Å²) >= 11 is 0. The highest BCUT2D eigenvalue weighted by Gasteiger charge is 2.49. The summed E-state index contributed by atoms with van der Waals surface area (Å²) in [5.41, 5.74) is -4.13. The standard InChI is InChI=1S/C15H17F3O4S/c1-3-13-12(10(2)22-23(19,20)15(16,17)18)9-14(21-13)11-7-5-4-6-8-11/h4-8,13-14H,3,9H2,1-2H3/b12-10+/t13-,14-/m0/s1. The summed E-state index contributed by atoms with van der Waals surface area (Å²) in [6.07, 6.45) is -0.000366. The van der Waals surface area contributed by atoms with Crippen molar-refractivity contribution in [2.24, 2.45) is 0 Å². The highest BCUT2D eigenvalue weighted by Crippen LogP contribution is 2.40. The first kappa shape index (κ1) is 17.8. The second-order valence-electron chi connectivity index (χ2n) is 5.20. The fourth-order valence-electron chi connectivity index (χ4n) is 2.50. The maximum Gasteiger partial charge on any atom is 0.534 e. The predicted octanol–water partition coefficient (Wildman–Crippen LogP) is 4.07. The summed E-state index contributed by atoms with van der Waals surface area (Å²) in [4.78, 5) is 0. The first-order valence-corrected chi connectivity index (χ1v) is 8.47. The van der Waals surface area contributed by atoms with Gasteiger partial charge in [-0.3, -0.25) is 0 Å². The molecule has 4 nitrogen and oxygen atoms in total. The van der Waals surface area contributed by atoms with Crippen LogP contribution in [-0.4, -0.2) is 20.0 Å². The molecule has 2 rings (SSSR count). The molecule has 1 aromatic rings. The second kappa shape index (κ2) is 6.52. The van der Waals surface area contributed by atoms with E-state index < -0.39 is 21.7 Å². The number of allylic oxidation sites excluding steroid dienone is 1. The minimum atomic E-state index is -5.66. The van der Waals surface area contributed by atoms with Gasteiger partial charge in [-0.25, -0.2) is 0 Å².